The number of carboxylic acids is 1. The lowest BCUT2D eigenvalue weighted by Crippen LogP contribution is -2.13. The highest BCUT2D eigenvalue weighted by atomic mass is 35.5. The van der Waals surface area contributed by atoms with Gasteiger partial charge in [-0.15, -0.1) is 0 Å². The van der Waals surface area contributed by atoms with Crippen molar-refractivity contribution in [2.24, 2.45) is 0 Å². The average molecular weight is 495 g/mol. The lowest BCUT2D eigenvalue weighted by molar-refractivity contribution is -0.112. The van der Waals surface area contributed by atoms with E-state index in [2.05, 4.69) is 5.32 Å². The molecule has 0 fully saturated rings. The number of carbonyl (C=O) groups excluding carboxylic acids is 1. The Morgan fingerprint density at radius 3 is 2.24 bits per heavy atom. The van der Waals surface area contributed by atoms with Crippen LogP contribution in [0.1, 0.15) is 32.6 Å². The number of hydrogen-bond donors (Lipinski definition) is 2. The molecule has 8 heteroatoms. The number of ether oxygens (including phenoxy) is 1. The summed E-state index contributed by atoms with van der Waals surface area (Å²) >= 11 is 12.7. The maximum Gasteiger partial charge on any atom is 0.335 e. The Morgan fingerprint density at radius 2 is 1.68 bits per heavy atom. The zero-order valence-corrected chi connectivity index (χ0v) is 19.9. The molecule has 1 amide bonds. The van der Waals surface area contributed by atoms with Gasteiger partial charge in [-0.1, -0.05) is 41.4 Å². The summed E-state index contributed by atoms with van der Waals surface area (Å²) in [5, 5.41) is 21.6. The monoisotopic (exact) mass is 494 g/mol. The van der Waals surface area contributed by atoms with E-state index < -0.39 is 11.9 Å². The van der Waals surface area contributed by atoms with Gasteiger partial charge in [0.15, 0.2) is 5.75 Å². The fourth-order valence-corrected chi connectivity index (χ4v) is 3.65. The topological polar surface area (TPSA) is 99.4 Å². The predicted molar refractivity (Wildman–Crippen MR) is 132 cm³/mol. The van der Waals surface area contributed by atoms with Gasteiger partial charge in [0.05, 0.1) is 15.6 Å². The Labute approximate surface area is 207 Å². The van der Waals surface area contributed by atoms with Crippen molar-refractivity contribution in [2.45, 2.75) is 20.5 Å². The van der Waals surface area contributed by atoms with Crippen molar-refractivity contribution < 1.29 is 19.4 Å². The fourth-order valence-electron chi connectivity index (χ4n) is 3.03. The van der Waals surface area contributed by atoms with Crippen molar-refractivity contribution in [3.63, 3.8) is 0 Å². The molecule has 2 N–H and O–H groups in total. The van der Waals surface area contributed by atoms with Gasteiger partial charge in [-0.25, -0.2) is 4.79 Å². The van der Waals surface area contributed by atoms with E-state index in [1.807, 2.05) is 32.0 Å². The molecule has 34 heavy (non-hydrogen) atoms. The molecule has 0 unspecified atom stereocenters. The van der Waals surface area contributed by atoms with Gasteiger partial charge in [0.25, 0.3) is 5.91 Å². The van der Waals surface area contributed by atoms with E-state index in [0.29, 0.717) is 11.3 Å². The number of benzene rings is 3. The number of nitriles is 1. The first-order chi connectivity index (χ1) is 16.2. The molecule has 172 valence electrons. The second-order valence-corrected chi connectivity index (χ2v) is 8.34. The van der Waals surface area contributed by atoms with E-state index in [4.69, 9.17) is 33.0 Å². The van der Waals surface area contributed by atoms with Gasteiger partial charge < -0.3 is 15.2 Å². The Bertz CT molecular complexity index is 1300. The minimum Gasteiger partial charge on any atom is -0.486 e. The molecule has 3 aromatic rings. The first-order valence-electron chi connectivity index (χ1n) is 10.1. The molecule has 6 nitrogen and oxygen atoms in total. The maximum absolute atomic E-state index is 12.6. The lowest BCUT2D eigenvalue weighted by atomic mass is 10.1. The molecular weight excluding hydrogens is 475 g/mol. The molecule has 0 spiro atoms. The summed E-state index contributed by atoms with van der Waals surface area (Å²) in [6.07, 6.45) is 1.39. The van der Waals surface area contributed by atoms with Gasteiger partial charge in [0, 0.05) is 5.69 Å². The molecule has 0 aliphatic carbocycles. The molecule has 0 heterocycles. The number of hydrogen-bond acceptors (Lipinski definition) is 4. The van der Waals surface area contributed by atoms with Crippen LogP contribution in [0.15, 0.2) is 60.2 Å². The molecule has 0 saturated heterocycles. The van der Waals surface area contributed by atoms with E-state index in [-0.39, 0.29) is 33.5 Å². The van der Waals surface area contributed by atoms with E-state index in [0.717, 1.165) is 16.7 Å². The second kappa shape index (κ2) is 10.9. The Kier molecular flexibility index (Phi) is 7.95. The largest absolute Gasteiger partial charge is 0.486 e. The number of aromatic carboxylic acids is 1. The van der Waals surface area contributed by atoms with Crippen LogP contribution in [0.2, 0.25) is 10.0 Å². The fraction of sp³-hybridized carbons (Fsp3) is 0.115. The highest BCUT2D eigenvalue weighted by Gasteiger charge is 2.14. The van der Waals surface area contributed by atoms with Gasteiger partial charge in [0.1, 0.15) is 18.2 Å². The van der Waals surface area contributed by atoms with Crippen molar-refractivity contribution in [1.82, 2.24) is 0 Å². The maximum atomic E-state index is 12.6. The average Bonchev–Trinajstić information content (AvgIpc) is 2.79. The number of carboxylic acid groups (broad SMARTS) is 1. The highest BCUT2D eigenvalue weighted by Crippen LogP contribution is 2.35. The van der Waals surface area contributed by atoms with Gasteiger partial charge in [0.2, 0.25) is 0 Å². The highest BCUT2D eigenvalue weighted by molar-refractivity contribution is 6.37. The van der Waals surface area contributed by atoms with E-state index in [9.17, 15) is 14.9 Å². The molecule has 0 aliphatic heterocycles. The number of amides is 1. The van der Waals surface area contributed by atoms with Crippen molar-refractivity contribution in [3.05, 3.63) is 98.0 Å². The number of carbonyl (C=O) groups is 2. The number of halogens is 2. The molecule has 3 aromatic carbocycles. The molecule has 0 aliphatic rings. The van der Waals surface area contributed by atoms with Crippen molar-refractivity contribution >= 4 is 46.8 Å². The number of anilines is 1. The molecular formula is C26H20Cl2N2O4. The lowest BCUT2D eigenvalue weighted by Gasteiger charge is -2.11. The predicted octanol–water partition coefficient (Wildman–Crippen LogP) is 6.43. The Morgan fingerprint density at radius 1 is 1.03 bits per heavy atom. The first-order valence-corrected chi connectivity index (χ1v) is 10.9. The van der Waals surface area contributed by atoms with Crippen LogP contribution in [-0.2, 0) is 11.4 Å². The zero-order valence-electron chi connectivity index (χ0n) is 18.4. The zero-order chi connectivity index (χ0) is 24.8. The van der Waals surface area contributed by atoms with Crippen molar-refractivity contribution in [2.75, 3.05) is 5.32 Å². The number of nitrogens with one attached hydrogen (secondary N) is 1. The quantitative estimate of drug-likeness (QED) is 0.291. The number of aryl methyl sites for hydroxylation is 2. The van der Waals surface area contributed by atoms with Gasteiger partial charge in [-0.05, 0) is 78.6 Å². The third-order valence-electron chi connectivity index (χ3n) is 5.05. The van der Waals surface area contributed by atoms with Crippen LogP contribution in [0, 0.1) is 25.2 Å². The molecule has 0 bridgehead atoms. The van der Waals surface area contributed by atoms with Crippen LogP contribution in [0.25, 0.3) is 6.08 Å². The van der Waals surface area contributed by atoms with Crippen LogP contribution < -0.4 is 10.1 Å². The van der Waals surface area contributed by atoms with Gasteiger partial charge >= 0.3 is 5.97 Å². The van der Waals surface area contributed by atoms with Crippen LogP contribution in [0.5, 0.6) is 5.75 Å². The standard InChI is InChI=1S/C26H20Cl2N2O4/c1-15-3-8-21(9-16(15)2)30-25(31)20(13-29)10-18-11-22(27)24(23(28)12-18)34-14-17-4-6-19(7-5-17)26(32)33/h3-12H,14H2,1-2H3,(H,30,31)(H,32,33)/b20-10+. The number of rotatable bonds is 7. The SMILES string of the molecule is Cc1ccc(NC(=O)/C(C#N)=C/c2cc(Cl)c(OCc3ccc(C(=O)O)cc3)c(Cl)c2)cc1C. The molecule has 0 saturated carbocycles. The molecule has 3 rings (SSSR count). The summed E-state index contributed by atoms with van der Waals surface area (Å²) in [7, 11) is 0. The minimum absolute atomic E-state index is 0.113. The summed E-state index contributed by atoms with van der Waals surface area (Å²) in [4.78, 5) is 23.5. The normalized spacial score (nSPS) is 11.0. The Hall–Kier alpha value is -3.79. The summed E-state index contributed by atoms with van der Waals surface area (Å²) < 4.78 is 5.71. The van der Waals surface area contributed by atoms with Crippen molar-refractivity contribution in [3.8, 4) is 11.8 Å². The van der Waals surface area contributed by atoms with Crippen molar-refractivity contribution in [1.29, 1.82) is 5.26 Å². The number of nitrogens with zero attached hydrogens (tertiary/aromatic N) is 1. The van der Waals surface area contributed by atoms with Crippen LogP contribution in [0.3, 0.4) is 0 Å². The first kappa shape index (κ1) is 24.8. The van der Waals surface area contributed by atoms with E-state index >= 15 is 0 Å². The third-order valence-corrected chi connectivity index (χ3v) is 5.61. The van der Waals surface area contributed by atoms with Gasteiger partial charge in [-0.2, -0.15) is 5.26 Å². The van der Waals surface area contributed by atoms with E-state index in [1.54, 1.807) is 18.2 Å². The van der Waals surface area contributed by atoms with E-state index in [1.165, 1.54) is 30.3 Å². The van der Waals surface area contributed by atoms with Crippen LogP contribution in [0.4, 0.5) is 5.69 Å². The smallest absolute Gasteiger partial charge is 0.335 e. The third kappa shape index (κ3) is 6.16. The Balaban J connectivity index is 1.75. The van der Waals surface area contributed by atoms with Crippen LogP contribution >= 0.6 is 23.2 Å². The van der Waals surface area contributed by atoms with Gasteiger partial charge in [-0.3, -0.25) is 4.79 Å². The summed E-state index contributed by atoms with van der Waals surface area (Å²) in [6, 6.07) is 16.7. The summed E-state index contributed by atoms with van der Waals surface area (Å²) in [5.41, 5.74) is 3.95. The minimum atomic E-state index is -1.01. The molecule has 0 radical (unpaired) electrons. The molecule has 0 atom stereocenters. The summed E-state index contributed by atoms with van der Waals surface area (Å²) in [5.74, 6) is -1.33. The summed E-state index contributed by atoms with van der Waals surface area (Å²) in [6.45, 7) is 4.03. The second-order valence-electron chi connectivity index (χ2n) is 7.53. The van der Waals surface area contributed by atoms with Crippen LogP contribution in [-0.4, -0.2) is 17.0 Å². The molecule has 0 aromatic heterocycles.